The number of carboxylic acid groups (broad SMARTS) is 1. The Bertz CT molecular complexity index is 508. The van der Waals surface area contributed by atoms with Crippen molar-refractivity contribution in [1.29, 1.82) is 0 Å². The van der Waals surface area contributed by atoms with Gasteiger partial charge < -0.3 is 20.6 Å². The molecule has 3 N–H and O–H groups in total. The lowest BCUT2D eigenvalue weighted by Crippen LogP contribution is -2.40. The molecule has 0 aliphatic carbocycles. The summed E-state index contributed by atoms with van der Waals surface area (Å²) in [6.07, 6.45) is -0.927. The number of thiophene rings is 1. The van der Waals surface area contributed by atoms with E-state index in [9.17, 15) is 9.59 Å². The fourth-order valence-electron chi connectivity index (χ4n) is 2.31. The third-order valence-corrected chi connectivity index (χ3v) is 4.63. The van der Waals surface area contributed by atoms with Crippen molar-refractivity contribution in [2.75, 3.05) is 26.7 Å². The van der Waals surface area contributed by atoms with Gasteiger partial charge in [-0.1, -0.05) is 11.6 Å². The summed E-state index contributed by atoms with van der Waals surface area (Å²) in [7, 11) is 1.80. The lowest BCUT2D eigenvalue weighted by atomic mass is 10.0. The van der Waals surface area contributed by atoms with Gasteiger partial charge in [0.15, 0.2) is 0 Å². The van der Waals surface area contributed by atoms with Crippen molar-refractivity contribution >= 4 is 34.9 Å². The molecule has 1 fully saturated rings. The van der Waals surface area contributed by atoms with Crippen LogP contribution in [0.1, 0.15) is 9.67 Å². The zero-order valence-corrected chi connectivity index (χ0v) is 12.5. The minimum absolute atomic E-state index is 0.0540. The second-order valence-electron chi connectivity index (χ2n) is 4.66. The maximum atomic E-state index is 11.9. The number of carbonyl (C=O) groups is 2. The predicted molar refractivity (Wildman–Crippen MR) is 77.6 cm³/mol. The highest BCUT2D eigenvalue weighted by atomic mass is 35.5. The van der Waals surface area contributed by atoms with Gasteiger partial charge in [0.25, 0.3) is 5.91 Å². The van der Waals surface area contributed by atoms with Gasteiger partial charge in [-0.25, -0.2) is 4.79 Å². The maximum absolute atomic E-state index is 11.9. The number of hydrogen-bond acceptors (Lipinski definition) is 4. The molecule has 2 rings (SSSR count). The highest BCUT2D eigenvalue weighted by molar-refractivity contribution is 7.17. The van der Waals surface area contributed by atoms with Crippen molar-refractivity contribution in [2.24, 2.45) is 5.92 Å². The Hall–Kier alpha value is -1.31. The summed E-state index contributed by atoms with van der Waals surface area (Å²) in [6.45, 7) is 1.30. The summed E-state index contributed by atoms with van der Waals surface area (Å²) in [5, 5.41) is 14.9. The Kier molecular flexibility index (Phi) is 4.85. The molecule has 2 heterocycles. The quantitative estimate of drug-likeness (QED) is 0.782. The van der Waals surface area contributed by atoms with Crippen LogP contribution in [0, 0.1) is 5.92 Å². The van der Waals surface area contributed by atoms with Crippen molar-refractivity contribution in [2.45, 2.75) is 6.04 Å². The van der Waals surface area contributed by atoms with E-state index in [-0.39, 0.29) is 17.9 Å². The Labute approximate surface area is 125 Å². The van der Waals surface area contributed by atoms with Gasteiger partial charge in [0, 0.05) is 31.6 Å². The number of likely N-dealkylation sites (tertiary alicyclic amines) is 1. The Morgan fingerprint density at radius 1 is 1.50 bits per heavy atom. The van der Waals surface area contributed by atoms with E-state index in [1.807, 2.05) is 0 Å². The number of nitrogens with zero attached hydrogens (tertiary/aromatic N) is 1. The van der Waals surface area contributed by atoms with Crippen LogP contribution in [0.3, 0.4) is 0 Å². The fraction of sp³-hybridized carbons (Fsp3) is 0.500. The minimum atomic E-state index is -0.927. The van der Waals surface area contributed by atoms with Crippen LogP contribution >= 0.6 is 22.9 Å². The molecule has 6 nitrogen and oxygen atoms in total. The van der Waals surface area contributed by atoms with Gasteiger partial charge in [-0.15, -0.1) is 11.3 Å². The van der Waals surface area contributed by atoms with Gasteiger partial charge in [0.1, 0.15) is 0 Å². The van der Waals surface area contributed by atoms with Crippen molar-refractivity contribution in [3.63, 3.8) is 0 Å². The van der Waals surface area contributed by atoms with Crippen molar-refractivity contribution < 1.29 is 14.7 Å². The summed E-state index contributed by atoms with van der Waals surface area (Å²) >= 11 is 7.01. The third kappa shape index (κ3) is 3.41. The van der Waals surface area contributed by atoms with Crippen LogP contribution in [0.25, 0.3) is 0 Å². The number of nitrogens with one attached hydrogen (secondary N) is 2. The van der Waals surface area contributed by atoms with Crippen LogP contribution < -0.4 is 10.6 Å². The SMILES string of the molecule is CN[C@H]1CN(C(=O)O)CC1CNC(=O)c1ccc(Cl)s1. The van der Waals surface area contributed by atoms with E-state index in [1.165, 1.54) is 16.2 Å². The first kappa shape index (κ1) is 15.1. The van der Waals surface area contributed by atoms with Crippen LogP contribution in [-0.2, 0) is 0 Å². The predicted octanol–water partition coefficient (Wildman–Crippen LogP) is 1.33. The zero-order chi connectivity index (χ0) is 14.7. The average Bonchev–Trinajstić information content (AvgIpc) is 3.01. The molecule has 2 atom stereocenters. The van der Waals surface area contributed by atoms with E-state index in [0.717, 1.165) is 0 Å². The van der Waals surface area contributed by atoms with E-state index in [0.29, 0.717) is 28.8 Å². The largest absolute Gasteiger partial charge is 0.465 e. The van der Waals surface area contributed by atoms with Crippen molar-refractivity contribution in [3.8, 4) is 0 Å². The monoisotopic (exact) mass is 317 g/mol. The number of hydrogen-bond donors (Lipinski definition) is 3. The number of carbonyl (C=O) groups excluding carboxylic acids is 1. The molecule has 1 aliphatic heterocycles. The highest BCUT2D eigenvalue weighted by Crippen LogP contribution is 2.21. The summed E-state index contributed by atoms with van der Waals surface area (Å²) in [6, 6.07) is 3.41. The van der Waals surface area contributed by atoms with E-state index in [2.05, 4.69) is 10.6 Å². The molecule has 1 aromatic heterocycles. The topological polar surface area (TPSA) is 81.7 Å². The molecule has 1 aliphatic rings. The summed E-state index contributed by atoms with van der Waals surface area (Å²) in [5.41, 5.74) is 0. The second kappa shape index (κ2) is 6.43. The summed E-state index contributed by atoms with van der Waals surface area (Å²) < 4.78 is 0.571. The van der Waals surface area contributed by atoms with E-state index >= 15 is 0 Å². The Morgan fingerprint density at radius 3 is 2.80 bits per heavy atom. The number of halogens is 1. The van der Waals surface area contributed by atoms with Gasteiger partial charge in [-0.05, 0) is 19.2 Å². The van der Waals surface area contributed by atoms with Crippen LogP contribution in [0.2, 0.25) is 4.34 Å². The fourth-order valence-corrected chi connectivity index (χ4v) is 3.27. The maximum Gasteiger partial charge on any atom is 0.407 e. The molecular weight excluding hydrogens is 302 g/mol. The van der Waals surface area contributed by atoms with E-state index in [1.54, 1.807) is 19.2 Å². The molecule has 1 unspecified atom stereocenters. The Morgan fingerprint density at radius 2 is 2.25 bits per heavy atom. The third-order valence-electron chi connectivity index (χ3n) is 3.40. The smallest absolute Gasteiger partial charge is 0.407 e. The molecule has 0 spiro atoms. The lowest BCUT2D eigenvalue weighted by Gasteiger charge is -2.17. The molecule has 1 saturated heterocycles. The number of likely N-dealkylation sites (N-methyl/N-ethyl adjacent to an activating group) is 1. The molecule has 0 aromatic carbocycles. The lowest BCUT2D eigenvalue weighted by molar-refractivity contribution is 0.0950. The first-order valence-electron chi connectivity index (χ1n) is 6.20. The normalized spacial score (nSPS) is 22.0. The van der Waals surface area contributed by atoms with Crippen LogP contribution in [0.15, 0.2) is 12.1 Å². The van der Waals surface area contributed by atoms with Gasteiger partial charge >= 0.3 is 6.09 Å². The van der Waals surface area contributed by atoms with Crippen molar-refractivity contribution in [1.82, 2.24) is 15.5 Å². The minimum Gasteiger partial charge on any atom is -0.465 e. The van der Waals surface area contributed by atoms with Gasteiger partial charge in [-0.3, -0.25) is 4.79 Å². The molecule has 2 amide bonds. The first-order chi connectivity index (χ1) is 9.51. The van der Waals surface area contributed by atoms with Gasteiger partial charge in [0.05, 0.1) is 9.21 Å². The molecule has 1 aromatic rings. The van der Waals surface area contributed by atoms with Crippen molar-refractivity contribution in [3.05, 3.63) is 21.3 Å². The van der Waals surface area contributed by atoms with Gasteiger partial charge in [0.2, 0.25) is 0 Å². The zero-order valence-electron chi connectivity index (χ0n) is 10.9. The molecule has 8 heteroatoms. The first-order valence-corrected chi connectivity index (χ1v) is 7.39. The highest BCUT2D eigenvalue weighted by Gasteiger charge is 2.34. The molecule has 0 bridgehead atoms. The standard InChI is InChI=1S/C12H16ClN3O3S/c1-14-8-6-16(12(18)19)5-7(8)4-15-11(17)9-2-3-10(13)20-9/h2-3,7-8,14H,4-6H2,1H3,(H,15,17)(H,18,19)/t7?,8-/m0/s1. The van der Waals surface area contributed by atoms with Crippen LogP contribution in [-0.4, -0.2) is 54.7 Å². The van der Waals surface area contributed by atoms with Gasteiger partial charge in [-0.2, -0.15) is 0 Å². The van der Waals surface area contributed by atoms with Crippen LogP contribution in [0.4, 0.5) is 4.79 Å². The molecule has 110 valence electrons. The molecule has 20 heavy (non-hydrogen) atoms. The van der Waals surface area contributed by atoms with E-state index < -0.39 is 6.09 Å². The Balaban J connectivity index is 1.89. The molecule has 0 radical (unpaired) electrons. The van der Waals surface area contributed by atoms with E-state index in [4.69, 9.17) is 16.7 Å². The summed E-state index contributed by atoms with van der Waals surface area (Å²) in [4.78, 5) is 24.8. The number of amides is 2. The average molecular weight is 318 g/mol. The molecular formula is C12H16ClN3O3S. The summed E-state index contributed by atoms with van der Waals surface area (Å²) in [5.74, 6) is -0.110. The second-order valence-corrected chi connectivity index (χ2v) is 6.37. The van der Waals surface area contributed by atoms with Crippen LogP contribution in [0.5, 0.6) is 0 Å². The number of rotatable bonds is 4. The molecule has 0 saturated carbocycles.